The highest BCUT2D eigenvalue weighted by Crippen LogP contribution is 2.20. The van der Waals surface area contributed by atoms with E-state index in [1.54, 1.807) is 0 Å². The van der Waals surface area contributed by atoms with Crippen LogP contribution in [-0.2, 0) is 0 Å². The van der Waals surface area contributed by atoms with Crippen molar-refractivity contribution in [2.75, 3.05) is 46.3 Å². The van der Waals surface area contributed by atoms with Gasteiger partial charge in [-0.05, 0) is 57.9 Å². The third-order valence-corrected chi connectivity index (χ3v) is 5.71. The molecule has 0 aliphatic carbocycles. The standard InChI is InChI=1S/C20H41N5.HI/c1-16(2)25-11-7-19(8-12-25)23-20(21-5)22-9-6-10-24-14-17(3)13-18(4)15-24;/h16-19H,6-15H2,1-5H3,(H2,21,22,23);1H. The van der Waals surface area contributed by atoms with Crippen molar-refractivity contribution in [2.24, 2.45) is 16.8 Å². The maximum atomic E-state index is 4.41. The molecule has 0 aromatic heterocycles. The molecule has 0 saturated carbocycles. The first-order chi connectivity index (χ1) is 12.0. The second-order valence-corrected chi connectivity index (χ2v) is 8.61. The van der Waals surface area contributed by atoms with Gasteiger partial charge in [-0.3, -0.25) is 4.99 Å². The van der Waals surface area contributed by atoms with Crippen molar-refractivity contribution >= 4 is 29.9 Å². The molecule has 2 unspecified atom stereocenters. The molecule has 0 aromatic carbocycles. The van der Waals surface area contributed by atoms with E-state index in [9.17, 15) is 0 Å². The van der Waals surface area contributed by atoms with Gasteiger partial charge in [0.2, 0.25) is 0 Å². The quantitative estimate of drug-likeness (QED) is 0.266. The molecule has 0 bridgehead atoms. The van der Waals surface area contributed by atoms with E-state index in [0.717, 1.165) is 24.3 Å². The number of rotatable bonds is 6. The predicted octanol–water partition coefficient (Wildman–Crippen LogP) is 3.01. The Bertz CT molecular complexity index is 397. The summed E-state index contributed by atoms with van der Waals surface area (Å²) in [6, 6.07) is 1.23. The maximum Gasteiger partial charge on any atom is 0.191 e. The molecule has 2 heterocycles. The highest BCUT2D eigenvalue weighted by Gasteiger charge is 2.22. The topological polar surface area (TPSA) is 42.9 Å². The van der Waals surface area contributed by atoms with E-state index >= 15 is 0 Å². The smallest absolute Gasteiger partial charge is 0.191 e. The number of aliphatic imine (C=N–C) groups is 1. The number of nitrogens with one attached hydrogen (secondary N) is 2. The van der Waals surface area contributed by atoms with Crippen LogP contribution in [0.5, 0.6) is 0 Å². The average Bonchev–Trinajstić information content (AvgIpc) is 2.57. The molecule has 0 radical (unpaired) electrons. The number of piperidine rings is 2. The summed E-state index contributed by atoms with van der Waals surface area (Å²) in [7, 11) is 1.88. The lowest BCUT2D eigenvalue weighted by Gasteiger charge is -2.35. The van der Waals surface area contributed by atoms with Gasteiger partial charge in [0, 0.05) is 51.9 Å². The number of likely N-dealkylation sites (tertiary alicyclic amines) is 2. The molecule has 154 valence electrons. The molecule has 2 atom stereocenters. The zero-order valence-corrected chi connectivity index (χ0v) is 20.0. The highest BCUT2D eigenvalue weighted by molar-refractivity contribution is 14.0. The molecule has 2 aliphatic rings. The lowest BCUT2D eigenvalue weighted by atomic mass is 9.92. The molecule has 2 aliphatic heterocycles. The Morgan fingerprint density at radius 3 is 2.27 bits per heavy atom. The molecule has 0 spiro atoms. The summed E-state index contributed by atoms with van der Waals surface area (Å²) in [6.07, 6.45) is 5.00. The molecule has 2 saturated heterocycles. The fourth-order valence-corrected chi connectivity index (χ4v) is 4.43. The molecule has 2 fully saturated rings. The van der Waals surface area contributed by atoms with Gasteiger partial charge in [0.25, 0.3) is 0 Å². The first-order valence-corrected chi connectivity index (χ1v) is 10.4. The zero-order valence-electron chi connectivity index (χ0n) is 17.6. The summed E-state index contributed by atoms with van der Waals surface area (Å²) in [5.41, 5.74) is 0. The lowest BCUT2D eigenvalue weighted by Crippen LogP contribution is -2.50. The van der Waals surface area contributed by atoms with E-state index in [4.69, 9.17) is 0 Å². The van der Waals surface area contributed by atoms with Crippen LogP contribution in [0.3, 0.4) is 0 Å². The van der Waals surface area contributed by atoms with Crippen LogP contribution in [0.25, 0.3) is 0 Å². The largest absolute Gasteiger partial charge is 0.356 e. The SMILES string of the molecule is CN=C(NCCCN1CC(C)CC(C)C1)NC1CCN(C(C)C)CC1.I. The van der Waals surface area contributed by atoms with Crippen molar-refractivity contribution in [2.45, 2.75) is 65.5 Å². The van der Waals surface area contributed by atoms with Gasteiger partial charge < -0.3 is 20.4 Å². The van der Waals surface area contributed by atoms with Crippen LogP contribution in [-0.4, -0.2) is 74.2 Å². The Kier molecular flexibility index (Phi) is 11.4. The molecule has 0 aromatic rings. The Morgan fingerprint density at radius 2 is 1.73 bits per heavy atom. The molecule has 6 heteroatoms. The van der Waals surface area contributed by atoms with E-state index in [1.165, 1.54) is 58.4 Å². The van der Waals surface area contributed by atoms with Gasteiger partial charge in [-0.25, -0.2) is 0 Å². The summed E-state index contributed by atoms with van der Waals surface area (Å²) in [5, 5.41) is 7.13. The third kappa shape index (κ3) is 8.30. The summed E-state index contributed by atoms with van der Waals surface area (Å²) < 4.78 is 0. The van der Waals surface area contributed by atoms with Gasteiger partial charge in [-0.1, -0.05) is 13.8 Å². The van der Waals surface area contributed by atoms with Crippen LogP contribution in [0.4, 0.5) is 0 Å². The maximum absolute atomic E-state index is 4.41. The van der Waals surface area contributed by atoms with E-state index in [0.29, 0.717) is 12.1 Å². The number of hydrogen-bond donors (Lipinski definition) is 2. The number of nitrogens with zero attached hydrogens (tertiary/aromatic N) is 3. The first-order valence-electron chi connectivity index (χ1n) is 10.4. The second-order valence-electron chi connectivity index (χ2n) is 8.61. The van der Waals surface area contributed by atoms with Crippen molar-refractivity contribution in [3.8, 4) is 0 Å². The molecule has 26 heavy (non-hydrogen) atoms. The predicted molar refractivity (Wildman–Crippen MR) is 124 cm³/mol. The Hall–Kier alpha value is -0.0800. The summed E-state index contributed by atoms with van der Waals surface area (Å²) in [6.45, 7) is 16.5. The van der Waals surface area contributed by atoms with Crippen molar-refractivity contribution in [3.05, 3.63) is 0 Å². The molecule has 2 N–H and O–H groups in total. The van der Waals surface area contributed by atoms with Gasteiger partial charge in [0.15, 0.2) is 5.96 Å². The molecule has 2 rings (SSSR count). The van der Waals surface area contributed by atoms with Crippen LogP contribution >= 0.6 is 24.0 Å². The molecular weight excluding hydrogens is 437 g/mol. The highest BCUT2D eigenvalue weighted by atomic mass is 127. The fourth-order valence-electron chi connectivity index (χ4n) is 4.43. The Labute approximate surface area is 178 Å². The second kappa shape index (κ2) is 12.4. The number of guanidine groups is 1. The van der Waals surface area contributed by atoms with Crippen LogP contribution in [0, 0.1) is 11.8 Å². The van der Waals surface area contributed by atoms with Crippen LogP contribution in [0.1, 0.15) is 53.4 Å². The molecule has 5 nitrogen and oxygen atoms in total. The zero-order chi connectivity index (χ0) is 18.2. The minimum absolute atomic E-state index is 0. The summed E-state index contributed by atoms with van der Waals surface area (Å²) >= 11 is 0. The van der Waals surface area contributed by atoms with Crippen LogP contribution in [0.15, 0.2) is 4.99 Å². The van der Waals surface area contributed by atoms with Crippen molar-refractivity contribution in [3.63, 3.8) is 0 Å². The van der Waals surface area contributed by atoms with Crippen LogP contribution in [0.2, 0.25) is 0 Å². The summed E-state index contributed by atoms with van der Waals surface area (Å²) in [5.74, 6) is 2.68. The number of hydrogen-bond acceptors (Lipinski definition) is 3. The minimum Gasteiger partial charge on any atom is -0.356 e. The monoisotopic (exact) mass is 479 g/mol. The molecule has 0 amide bonds. The lowest BCUT2D eigenvalue weighted by molar-refractivity contribution is 0.140. The van der Waals surface area contributed by atoms with Gasteiger partial charge in [-0.2, -0.15) is 0 Å². The average molecular weight is 479 g/mol. The first kappa shape index (κ1) is 24.0. The van der Waals surface area contributed by atoms with Gasteiger partial charge >= 0.3 is 0 Å². The van der Waals surface area contributed by atoms with E-state index < -0.39 is 0 Å². The van der Waals surface area contributed by atoms with E-state index in [1.807, 2.05) is 7.05 Å². The third-order valence-electron chi connectivity index (χ3n) is 5.71. The Balaban J connectivity index is 0.00000338. The molecular formula is C20H42IN5. The fraction of sp³-hybridized carbons (Fsp3) is 0.950. The van der Waals surface area contributed by atoms with Crippen molar-refractivity contribution in [1.82, 2.24) is 20.4 Å². The van der Waals surface area contributed by atoms with Gasteiger partial charge in [0.1, 0.15) is 0 Å². The van der Waals surface area contributed by atoms with Gasteiger partial charge in [0.05, 0.1) is 0 Å². The van der Waals surface area contributed by atoms with E-state index in [-0.39, 0.29) is 24.0 Å². The Morgan fingerprint density at radius 1 is 1.12 bits per heavy atom. The van der Waals surface area contributed by atoms with Gasteiger partial charge in [-0.15, -0.1) is 24.0 Å². The van der Waals surface area contributed by atoms with E-state index in [2.05, 4.69) is 53.1 Å². The van der Waals surface area contributed by atoms with Crippen molar-refractivity contribution < 1.29 is 0 Å². The summed E-state index contributed by atoms with van der Waals surface area (Å²) in [4.78, 5) is 9.61. The minimum atomic E-state index is 0. The van der Waals surface area contributed by atoms with Crippen molar-refractivity contribution in [1.29, 1.82) is 0 Å². The normalized spacial score (nSPS) is 26.6. The number of halogens is 1. The van der Waals surface area contributed by atoms with Crippen LogP contribution < -0.4 is 10.6 Å².